The van der Waals surface area contributed by atoms with Gasteiger partial charge in [-0.25, -0.2) is 8.78 Å². The topological polar surface area (TPSA) is 30.5 Å². The van der Waals surface area contributed by atoms with Gasteiger partial charge >= 0.3 is 0 Å². The molecule has 0 aromatic heterocycles. The second-order valence-corrected chi connectivity index (χ2v) is 4.08. The van der Waals surface area contributed by atoms with Gasteiger partial charge in [-0.3, -0.25) is 0 Å². The quantitative estimate of drug-likeness (QED) is 0.738. The van der Waals surface area contributed by atoms with E-state index in [1.807, 2.05) is 13.8 Å². The summed E-state index contributed by atoms with van der Waals surface area (Å²) < 4.78 is 38.2. The molecule has 0 aliphatic rings. The van der Waals surface area contributed by atoms with Gasteiger partial charge in [0.1, 0.15) is 11.6 Å². The SMILES string of the molecule is CCOC(OCC)C(Cc1c(F)cccc1F)NC. The second kappa shape index (κ2) is 8.19. The number of hydrogen-bond donors (Lipinski definition) is 1. The maximum absolute atomic E-state index is 13.6. The normalized spacial score (nSPS) is 12.9. The van der Waals surface area contributed by atoms with E-state index in [0.29, 0.717) is 13.2 Å². The van der Waals surface area contributed by atoms with E-state index in [0.717, 1.165) is 0 Å². The number of halogens is 2. The van der Waals surface area contributed by atoms with E-state index in [2.05, 4.69) is 5.32 Å². The highest BCUT2D eigenvalue weighted by Crippen LogP contribution is 2.16. The fourth-order valence-corrected chi connectivity index (χ4v) is 1.89. The van der Waals surface area contributed by atoms with Crippen molar-refractivity contribution < 1.29 is 18.3 Å². The first kappa shape index (κ1) is 16.0. The van der Waals surface area contributed by atoms with Crippen LogP contribution in [0.1, 0.15) is 19.4 Å². The lowest BCUT2D eigenvalue weighted by molar-refractivity contribution is -0.152. The van der Waals surface area contributed by atoms with Crippen molar-refractivity contribution in [2.24, 2.45) is 0 Å². The van der Waals surface area contributed by atoms with Gasteiger partial charge in [-0.1, -0.05) is 6.07 Å². The van der Waals surface area contributed by atoms with Crippen LogP contribution in [-0.2, 0) is 15.9 Å². The van der Waals surface area contributed by atoms with E-state index in [1.54, 1.807) is 7.05 Å². The van der Waals surface area contributed by atoms with Crippen LogP contribution in [0.3, 0.4) is 0 Å². The number of nitrogens with one attached hydrogen (secondary N) is 1. The fraction of sp³-hybridized carbons (Fsp3) is 0.571. The Morgan fingerprint density at radius 3 is 2.05 bits per heavy atom. The Morgan fingerprint density at radius 1 is 1.11 bits per heavy atom. The van der Waals surface area contributed by atoms with Crippen molar-refractivity contribution in [3.8, 4) is 0 Å². The molecule has 0 fully saturated rings. The Balaban J connectivity index is 2.85. The summed E-state index contributed by atoms with van der Waals surface area (Å²) in [6.07, 6.45) is -0.362. The third-order valence-corrected chi connectivity index (χ3v) is 2.85. The van der Waals surface area contributed by atoms with Gasteiger partial charge in [-0.2, -0.15) is 0 Å². The Morgan fingerprint density at radius 2 is 1.63 bits per heavy atom. The molecule has 1 atom stereocenters. The highest BCUT2D eigenvalue weighted by molar-refractivity contribution is 5.20. The Labute approximate surface area is 112 Å². The van der Waals surface area contributed by atoms with Crippen molar-refractivity contribution in [1.82, 2.24) is 5.32 Å². The molecule has 19 heavy (non-hydrogen) atoms. The molecule has 0 amide bonds. The van der Waals surface area contributed by atoms with Crippen LogP contribution in [0.5, 0.6) is 0 Å². The minimum absolute atomic E-state index is 0.0475. The molecule has 3 nitrogen and oxygen atoms in total. The smallest absolute Gasteiger partial charge is 0.172 e. The summed E-state index contributed by atoms with van der Waals surface area (Å²) in [5.41, 5.74) is 0.0475. The van der Waals surface area contributed by atoms with E-state index < -0.39 is 17.9 Å². The maximum Gasteiger partial charge on any atom is 0.172 e. The Kier molecular flexibility index (Phi) is 6.91. The standard InChI is InChI=1S/C14H21F2NO2/c1-4-18-14(19-5-2)13(17-3)9-10-11(15)7-6-8-12(10)16/h6-8,13-14,17H,4-5,9H2,1-3H3. The van der Waals surface area contributed by atoms with Crippen LogP contribution >= 0.6 is 0 Å². The minimum atomic E-state index is -0.549. The molecule has 0 spiro atoms. The molecule has 1 rings (SSSR count). The zero-order chi connectivity index (χ0) is 14.3. The molecule has 0 aliphatic heterocycles. The zero-order valence-corrected chi connectivity index (χ0v) is 11.6. The van der Waals surface area contributed by atoms with Gasteiger partial charge in [0.2, 0.25) is 0 Å². The molecular weight excluding hydrogens is 252 g/mol. The van der Waals surface area contributed by atoms with Crippen LogP contribution in [0, 0.1) is 11.6 Å². The fourth-order valence-electron chi connectivity index (χ4n) is 1.89. The highest BCUT2D eigenvalue weighted by atomic mass is 19.1. The van der Waals surface area contributed by atoms with E-state index >= 15 is 0 Å². The van der Waals surface area contributed by atoms with Gasteiger partial charge in [0.15, 0.2) is 6.29 Å². The Hall–Kier alpha value is -1.04. The first-order valence-corrected chi connectivity index (χ1v) is 6.47. The molecule has 0 saturated carbocycles. The molecule has 1 N–H and O–H groups in total. The second-order valence-electron chi connectivity index (χ2n) is 4.08. The average molecular weight is 273 g/mol. The van der Waals surface area contributed by atoms with Gasteiger partial charge in [0, 0.05) is 18.8 Å². The summed E-state index contributed by atoms with van der Waals surface area (Å²) in [7, 11) is 1.72. The predicted octanol–water partition coefficient (Wildman–Crippen LogP) is 2.49. The lowest BCUT2D eigenvalue weighted by atomic mass is 10.0. The van der Waals surface area contributed by atoms with E-state index in [9.17, 15) is 8.78 Å². The number of ether oxygens (including phenoxy) is 2. The maximum atomic E-state index is 13.6. The van der Waals surface area contributed by atoms with Crippen molar-refractivity contribution in [3.63, 3.8) is 0 Å². The number of hydrogen-bond acceptors (Lipinski definition) is 3. The monoisotopic (exact) mass is 273 g/mol. The highest BCUT2D eigenvalue weighted by Gasteiger charge is 2.23. The number of likely N-dealkylation sites (N-methyl/N-ethyl adjacent to an activating group) is 1. The molecule has 0 radical (unpaired) electrons. The lowest BCUT2D eigenvalue weighted by Gasteiger charge is -2.26. The molecule has 108 valence electrons. The number of benzene rings is 1. The van der Waals surface area contributed by atoms with Crippen molar-refractivity contribution in [3.05, 3.63) is 35.4 Å². The molecule has 0 aliphatic carbocycles. The average Bonchev–Trinajstić information content (AvgIpc) is 2.38. The van der Waals surface area contributed by atoms with Gasteiger partial charge in [-0.15, -0.1) is 0 Å². The third kappa shape index (κ3) is 4.53. The summed E-state index contributed by atoms with van der Waals surface area (Å²) in [6.45, 7) is 4.65. The molecule has 0 bridgehead atoms. The summed E-state index contributed by atoms with van der Waals surface area (Å²) in [6, 6.07) is 3.54. The minimum Gasteiger partial charge on any atom is -0.351 e. The summed E-state index contributed by atoms with van der Waals surface area (Å²) in [5.74, 6) is -1.10. The molecular formula is C14H21F2NO2. The van der Waals surface area contributed by atoms with E-state index in [-0.39, 0.29) is 18.0 Å². The van der Waals surface area contributed by atoms with Crippen LogP contribution in [-0.4, -0.2) is 32.6 Å². The van der Waals surface area contributed by atoms with Gasteiger partial charge in [0.25, 0.3) is 0 Å². The van der Waals surface area contributed by atoms with E-state index in [4.69, 9.17) is 9.47 Å². The number of rotatable bonds is 8. The first-order valence-electron chi connectivity index (χ1n) is 6.47. The van der Waals surface area contributed by atoms with Crippen molar-refractivity contribution >= 4 is 0 Å². The van der Waals surface area contributed by atoms with Crippen LogP contribution in [0.2, 0.25) is 0 Å². The van der Waals surface area contributed by atoms with Crippen molar-refractivity contribution in [2.75, 3.05) is 20.3 Å². The zero-order valence-electron chi connectivity index (χ0n) is 11.6. The summed E-state index contributed by atoms with van der Waals surface area (Å²) >= 11 is 0. The Bertz CT molecular complexity index is 361. The molecule has 0 heterocycles. The van der Waals surface area contributed by atoms with Crippen LogP contribution in [0.4, 0.5) is 8.78 Å². The van der Waals surface area contributed by atoms with Crippen molar-refractivity contribution in [1.29, 1.82) is 0 Å². The summed E-state index contributed by atoms with van der Waals surface area (Å²) in [5, 5.41) is 2.99. The van der Waals surface area contributed by atoms with Gasteiger partial charge in [0.05, 0.1) is 6.04 Å². The summed E-state index contributed by atoms with van der Waals surface area (Å²) in [4.78, 5) is 0. The predicted molar refractivity (Wildman–Crippen MR) is 69.9 cm³/mol. The molecule has 1 aromatic rings. The first-order chi connectivity index (χ1) is 9.13. The third-order valence-electron chi connectivity index (χ3n) is 2.85. The molecule has 5 heteroatoms. The van der Waals surface area contributed by atoms with Crippen LogP contribution < -0.4 is 5.32 Å². The molecule has 1 unspecified atom stereocenters. The van der Waals surface area contributed by atoms with E-state index in [1.165, 1.54) is 18.2 Å². The largest absolute Gasteiger partial charge is 0.351 e. The van der Waals surface area contributed by atoms with Crippen LogP contribution in [0.15, 0.2) is 18.2 Å². The van der Waals surface area contributed by atoms with Crippen LogP contribution in [0.25, 0.3) is 0 Å². The van der Waals surface area contributed by atoms with Crippen molar-refractivity contribution in [2.45, 2.75) is 32.6 Å². The van der Waals surface area contributed by atoms with Gasteiger partial charge in [-0.05, 0) is 39.4 Å². The molecule has 1 aromatic carbocycles. The lowest BCUT2D eigenvalue weighted by Crippen LogP contribution is -2.43. The van der Waals surface area contributed by atoms with Gasteiger partial charge < -0.3 is 14.8 Å². The molecule has 0 saturated heterocycles.